The van der Waals surface area contributed by atoms with Crippen LogP contribution in [0.15, 0.2) is 54.7 Å². The lowest BCUT2D eigenvalue weighted by atomic mass is 9.89. The molecule has 0 N–H and O–H groups in total. The van der Waals surface area contributed by atoms with E-state index in [1.165, 1.54) is 53.9 Å². The van der Waals surface area contributed by atoms with Gasteiger partial charge in [-0.25, -0.2) is 0 Å². The Morgan fingerprint density at radius 3 is 2.86 bits per heavy atom. The molecule has 4 nitrogen and oxygen atoms in total. The maximum Gasteiger partial charge on any atom is 0.0734 e. The molecule has 6 rings (SSSR count). The fraction of sp³-hybridized carbons (Fsp3) is 0.400. The topological polar surface area (TPSA) is 22.6 Å². The number of hydrogen-bond acceptors (Lipinski definition) is 4. The van der Waals surface area contributed by atoms with Crippen molar-refractivity contribution in [2.45, 2.75) is 24.8 Å². The largest absolute Gasteiger partial charge is 0.371 e. The number of para-hydroxylation sites is 2. The number of benzene rings is 2. The molecule has 0 radical (unpaired) electrons. The lowest BCUT2D eigenvalue weighted by Crippen LogP contribution is -2.49. The van der Waals surface area contributed by atoms with E-state index in [9.17, 15) is 0 Å². The van der Waals surface area contributed by atoms with Crippen molar-refractivity contribution in [3.05, 3.63) is 65.9 Å². The lowest BCUT2D eigenvalue weighted by molar-refractivity contribution is 0.195. The maximum atomic E-state index is 4.64. The molecule has 0 bridgehead atoms. The van der Waals surface area contributed by atoms with Gasteiger partial charge in [0.2, 0.25) is 0 Å². The summed E-state index contributed by atoms with van der Waals surface area (Å²) in [6.45, 7) is 5.81. The summed E-state index contributed by atoms with van der Waals surface area (Å²) in [4.78, 5) is 12.5. The van der Waals surface area contributed by atoms with Crippen LogP contribution in [0.25, 0.3) is 10.9 Å². The summed E-state index contributed by atoms with van der Waals surface area (Å²) in [6, 6.07) is 18.4. The van der Waals surface area contributed by atoms with E-state index in [0.29, 0.717) is 12.0 Å². The summed E-state index contributed by atoms with van der Waals surface area (Å²) in [5.74, 6) is 0.649. The number of fused-ring (bicyclic) bond motifs is 4. The highest BCUT2D eigenvalue weighted by Crippen LogP contribution is 2.50. The van der Waals surface area contributed by atoms with E-state index in [4.69, 9.17) is 0 Å². The monoisotopic (exact) mass is 384 g/mol. The first-order valence-electron chi connectivity index (χ1n) is 11.0. The molecule has 148 valence electrons. The Kier molecular flexibility index (Phi) is 4.01. The van der Waals surface area contributed by atoms with Gasteiger partial charge in [-0.1, -0.05) is 36.4 Å². The number of nitrogens with zero attached hydrogens (tertiary/aromatic N) is 4. The molecule has 0 amide bonds. The second kappa shape index (κ2) is 6.74. The number of pyridine rings is 1. The predicted octanol–water partition coefficient (Wildman–Crippen LogP) is 3.91. The highest BCUT2D eigenvalue weighted by atomic mass is 15.3. The van der Waals surface area contributed by atoms with E-state index >= 15 is 0 Å². The number of likely N-dealkylation sites (N-methyl/N-ethyl adjacent to an activating group) is 1. The summed E-state index contributed by atoms with van der Waals surface area (Å²) in [5.41, 5.74) is 7.07. The fourth-order valence-corrected chi connectivity index (χ4v) is 5.83. The van der Waals surface area contributed by atoms with Crippen molar-refractivity contribution in [3.63, 3.8) is 0 Å². The zero-order valence-corrected chi connectivity index (χ0v) is 17.1. The number of aromatic nitrogens is 1. The molecule has 0 spiro atoms. The SMILES string of the molecule is CN1CCN2c3c(cccc31)[C@@H]1CN(CCc3cccc4cccnc34)CC[C@@H]12. The standard InChI is InChI=1S/C25H28N4/c1-27-15-16-29-22-11-14-28(17-21(22)20-8-3-9-23(27)25(20)29)13-10-19-6-2-5-18-7-4-12-26-24(18)19/h2-9,12,21-22H,10-11,13-17H2,1H3/t21-,22-/m0/s1. The molecule has 0 saturated carbocycles. The van der Waals surface area contributed by atoms with Crippen LogP contribution in [0.4, 0.5) is 11.4 Å². The van der Waals surface area contributed by atoms with Gasteiger partial charge < -0.3 is 14.7 Å². The molecule has 1 aromatic heterocycles. The van der Waals surface area contributed by atoms with Gasteiger partial charge in [-0.2, -0.15) is 0 Å². The van der Waals surface area contributed by atoms with Gasteiger partial charge in [0.25, 0.3) is 0 Å². The van der Waals surface area contributed by atoms with Crippen LogP contribution < -0.4 is 9.80 Å². The molecule has 3 aliphatic rings. The molecule has 0 unspecified atom stereocenters. The number of piperidine rings is 1. The van der Waals surface area contributed by atoms with E-state index in [2.05, 4.69) is 69.2 Å². The summed E-state index contributed by atoms with van der Waals surface area (Å²) < 4.78 is 0. The van der Waals surface area contributed by atoms with Gasteiger partial charge in [-0.3, -0.25) is 4.98 Å². The zero-order valence-electron chi connectivity index (χ0n) is 17.1. The van der Waals surface area contributed by atoms with Crippen molar-refractivity contribution >= 4 is 22.3 Å². The Morgan fingerprint density at radius 1 is 1.00 bits per heavy atom. The van der Waals surface area contributed by atoms with Crippen molar-refractivity contribution in [1.29, 1.82) is 0 Å². The first-order chi connectivity index (χ1) is 14.3. The number of hydrogen-bond donors (Lipinski definition) is 0. The first-order valence-corrected chi connectivity index (χ1v) is 11.0. The minimum Gasteiger partial charge on any atom is -0.371 e. The minimum absolute atomic E-state index is 0.649. The van der Waals surface area contributed by atoms with Gasteiger partial charge in [0.05, 0.1) is 16.9 Å². The highest BCUT2D eigenvalue weighted by Gasteiger charge is 2.44. The van der Waals surface area contributed by atoms with Gasteiger partial charge >= 0.3 is 0 Å². The number of rotatable bonds is 3. The summed E-state index contributed by atoms with van der Waals surface area (Å²) in [6.07, 6.45) is 4.26. The van der Waals surface area contributed by atoms with E-state index in [1.807, 2.05) is 12.3 Å². The molecule has 2 atom stereocenters. The van der Waals surface area contributed by atoms with Crippen molar-refractivity contribution in [3.8, 4) is 0 Å². The van der Waals surface area contributed by atoms with Crippen molar-refractivity contribution < 1.29 is 0 Å². The fourth-order valence-electron chi connectivity index (χ4n) is 5.83. The number of likely N-dealkylation sites (tertiary alicyclic amines) is 1. The van der Waals surface area contributed by atoms with Crippen LogP contribution in [-0.2, 0) is 6.42 Å². The Balaban J connectivity index is 1.23. The second-order valence-electron chi connectivity index (χ2n) is 8.84. The third kappa shape index (κ3) is 2.73. The van der Waals surface area contributed by atoms with Crippen LogP contribution in [0, 0.1) is 0 Å². The van der Waals surface area contributed by atoms with Crippen molar-refractivity contribution in [2.75, 3.05) is 49.6 Å². The smallest absolute Gasteiger partial charge is 0.0734 e. The molecule has 2 aromatic carbocycles. The molecular formula is C25H28N4. The third-order valence-corrected chi connectivity index (χ3v) is 7.29. The van der Waals surface area contributed by atoms with Gasteiger partial charge in [0, 0.05) is 63.3 Å². The first kappa shape index (κ1) is 17.3. The predicted molar refractivity (Wildman–Crippen MR) is 120 cm³/mol. The maximum absolute atomic E-state index is 4.64. The van der Waals surface area contributed by atoms with Gasteiger partial charge in [-0.05, 0) is 36.1 Å². The Hall–Kier alpha value is -2.59. The molecule has 1 fully saturated rings. The molecular weight excluding hydrogens is 356 g/mol. The van der Waals surface area contributed by atoms with Crippen molar-refractivity contribution in [1.82, 2.24) is 9.88 Å². The molecule has 0 aliphatic carbocycles. The molecule has 1 saturated heterocycles. The van der Waals surface area contributed by atoms with Gasteiger partial charge in [0.1, 0.15) is 0 Å². The molecule has 4 heterocycles. The van der Waals surface area contributed by atoms with E-state index < -0.39 is 0 Å². The molecule has 3 aromatic rings. The summed E-state index contributed by atoms with van der Waals surface area (Å²) in [7, 11) is 2.24. The van der Waals surface area contributed by atoms with Crippen LogP contribution >= 0.6 is 0 Å². The highest BCUT2D eigenvalue weighted by molar-refractivity contribution is 5.82. The zero-order chi connectivity index (χ0) is 19.4. The average Bonchev–Trinajstić information content (AvgIpc) is 3.09. The van der Waals surface area contributed by atoms with E-state index in [0.717, 1.165) is 19.5 Å². The summed E-state index contributed by atoms with van der Waals surface area (Å²) >= 11 is 0. The van der Waals surface area contributed by atoms with Crippen LogP contribution in [-0.4, -0.2) is 55.7 Å². The summed E-state index contributed by atoms with van der Waals surface area (Å²) in [5, 5.41) is 1.25. The quantitative estimate of drug-likeness (QED) is 0.683. The second-order valence-corrected chi connectivity index (χ2v) is 8.84. The van der Waals surface area contributed by atoms with Gasteiger partial charge in [0.15, 0.2) is 0 Å². The minimum atomic E-state index is 0.649. The molecule has 3 aliphatic heterocycles. The Bertz CT molecular complexity index is 1060. The van der Waals surface area contributed by atoms with Crippen LogP contribution in [0.1, 0.15) is 23.5 Å². The normalized spacial score (nSPS) is 23.3. The molecule has 29 heavy (non-hydrogen) atoms. The lowest BCUT2D eigenvalue weighted by Gasteiger charge is -2.41. The van der Waals surface area contributed by atoms with E-state index in [-0.39, 0.29) is 0 Å². The average molecular weight is 385 g/mol. The molecule has 4 heteroatoms. The number of anilines is 2. The van der Waals surface area contributed by atoms with Crippen molar-refractivity contribution in [2.24, 2.45) is 0 Å². The van der Waals surface area contributed by atoms with Gasteiger partial charge in [-0.15, -0.1) is 0 Å². The third-order valence-electron chi connectivity index (χ3n) is 7.29. The van der Waals surface area contributed by atoms with E-state index in [1.54, 1.807) is 5.56 Å². The van der Waals surface area contributed by atoms with Crippen LogP contribution in [0.3, 0.4) is 0 Å². The Labute approximate surface area is 172 Å². The van der Waals surface area contributed by atoms with Crippen LogP contribution in [0.2, 0.25) is 0 Å². The Morgan fingerprint density at radius 2 is 1.90 bits per heavy atom. The van der Waals surface area contributed by atoms with Crippen LogP contribution in [0.5, 0.6) is 0 Å².